The third kappa shape index (κ3) is 4.56. The van der Waals surface area contributed by atoms with Crippen molar-refractivity contribution in [2.75, 3.05) is 27.4 Å². The molecule has 0 saturated heterocycles. The van der Waals surface area contributed by atoms with Gasteiger partial charge in [0.2, 0.25) is 5.91 Å². The van der Waals surface area contributed by atoms with Crippen LogP contribution in [-0.4, -0.2) is 43.3 Å². The zero-order valence-electron chi connectivity index (χ0n) is 13.7. The second-order valence-electron chi connectivity index (χ2n) is 5.08. The molecule has 1 amide bonds. The van der Waals surface area contributed by atoms with Crippen molar-refractivity contribution in [2.45, 2.75) is 19.9 Å². The SMILES string of the molecule is CCC(=O)N(CCOC)Cc1cc(-c2cccc(OC)c2)on1. The van der Waals surface area contributed by atoms with Crippen molar-refractivity contribution in [1.29, 1.82) is 0 Å². The van der Waals surface area contributed by atoms with Gasteiger partial charge in [0.15, 0.2) is 5.76 Å². The number of aromatic nitrogens is 1. The van der Waals surface area contributed by atoms with Crippen LogP contribution in [0.2, 0.25) is 0 Å². The molecule has 0 unspecified atom stereocenters. The molecule has 23 heavy (non-hydrogen) atoms. The summed E-state index contributed by atoms with van der Waals surface area (Å²) in [5.41, 5.74) is 1.59. The van der Waals surface area contributed by atoms with Gasteiger partial charge in [-0.15, -0.1) is 0 Å². The van der Waals surface area contributed by atoms with Gasteiger partial charge in [0.05, 0.1) is 20.3 Å². The molecule has 0 aliphatic heterocycles. The number of rotatable bonds is 8. The first kappa shape index (κ1) is 17.0. The molecular formula is C17H22N2O4. The molecule has 0 atom stereocenters. The molecule has 6 heteroatoms. The molecule has 1 heterocycles. The number of amides is 1. The number of methoxy groups -OCH3 is 2. The summed E-state index contributed by atoms with van der Waals surface area (Å²) < 4.78 is 15.7. The molecule has 0 aliphatic carbocycles. The maximum absolute atomic E-state index is 12.0. The zero-order valence-corrected chi connectivity index (χ0v) is 13.7. The van der Waals surface area contributed by atoms with Crippen molar-refractivity contribution in [3.05, 3.63) is 36.0 Å². The number of carbonyl (C=O) groups is 1. The van der Waals surface area contributed by atoms with Crippen molar-refractivity contribution in [2.24, 2.45) is 0 Å². The Labute approximate surface area is 136 Å². The van der Waals surface area contributed by atoms with Gasteiger partial charge in [-0.25, -0.2) is 0 Å². The Hall–Kier alpha value is -2.34. The Bertz CT molecular complexity index is 639. The predicted octanol–water partition coefficient (Wildman–Crippen LogP) is 2.74. The fourth-order valence-corrected chi connectivity index (χ4v) is 2.21. The highest BCUT2D eigenvalue weighted by molar-refractivity contribution is 5.75. The van der Waals surface area contributed by atoms with E-state index in [1.807, 2.05) is 37.3 Å². The maximum Gasteiger partial charge on any atom is 0.222 e. The lowest BCUT2D eigenvalue weighted by Crippen LogP contribution is -2.32. The minimum atomic E-state index is 0.0629. The van der Waals surface area contributed by atoms with E-state index in [1.54, 1.807) is 19.1 Å². The Morgan fingerprint density at radius 3 is 2.83 bits per heavy atom. The van der Waals surface area contributed by atoms with E-state index in [0.717, 1.165) is 11.3 Å². The van der Waals surface area contributed by atoms with Crippen LogP contribution in [0.1, 0.15) is 19.0 Å². The van der Waals surface area contributed by atoms with Crippen molar-refractivity contribution in [3.8, 4) is 17.1 Å². The third-order valence-corrected chi connectivity index (χ3v) is 3.49. The normalized spacial score (nSPS) is 10.6. The van der Waals surface area contributed by atoms with Crippen LogP contribution in [0.15, 0.2) is 34.9 Å². The number of benzene rings is 1. The summed E-state index contributed by atoms with van der Waals surface area (Å²) in [6, 6.07) is 9.41. The monoisotopic (exact) mass is 318 g/mol. The Kier molecular flexibility index (Phi) is 6.17. The third-order valence-electron chi connectivity index (χ3n) is 3.49. The lowest BCUT2D eigenvalue weighted by atomic mass is 10.1. The van der Waals surface area contributed by atoms with E-state index in [-0.39, 0.29) is 5.91 Å². The number of carbonyl (C=O) groups excluding carboxylic acids is 1. The summed E-state index contributed by atoms with van der Waals surface area (Å²) in [6.45, 7) is 3.27. The first-order valence-corrected chi connectivity index (χ1v) is 7.54. The molecule has 2 rings (SSSR count). The molecule has 124 valence electrons. The fraction of sp³-hybridized carbons (Fsp3) is 0.412. The Morgan fingerprint density at radius 1 is 1.30 bits per heavy atom. The standard InChI is InChI=1S/C17H22N2O4/c1-4-17(20)19(8-9-21-2)12-14-11-16(23-18-14)13-6-5-7-15(10-13)22-3/h5-7,10-11H,4,8-9,12H2,1-3H3. The smallest absolute Gasteiger partial charge is 0.222 e. The lowest BCUT2D eigenvalue weighted by Gasteiger charge is -2.20. The average Bonchev–Trinajstić information content (AvgIpc) is 3.06. The van der Waals surface area contributed by atoms with E-state index in [2.05, 4.69) is 5.16 Å². The summed E-state index contributed by atoms with van der Waals surface area (Å²) in [5, 5.41) is 4.06. The molecule has 0 radical (unpaired) electrons. The van der Waals surface area contributed by atoms with Crippen molar-refractivity contribution < 1.29 is 18.8 Å². The molecule has 0 bridgehead atoms. The van der Waals surface area contributed by atoms with Crippen molar-refractivity contribution >= 4 is 5.91 Å². The predicted molar refractivity (Wildman–Crippen MR) is 86.1 cm³/mol. The van der Waals surface area contributed by atoms with Crippen LogP contribution in [0, 0.1) is 0 Å². The number of nitrogens with zero attached hydrogens (tertiary/aromatic N) is 2. The summed E-state index contributed by atoms with van der Waals surface area (Å²) in [5.74, 6) is 1.46. The minimum Gasteiger partial charge on any atom is -0.497 e. The van der Waals surface area contributed by atoms with E-state index in [1.165, 1.54) is 0 Å². The molecule has 0 aliphatic rings. The van der Waals surface area contributed by atoms with Crippen LogP contribution in [0.3, 0.4) is 0 Å². The largest absolute Gasteiger partial charge is 0.497 e. The number of hydrogen-bond acceptors (Lipinski definition) is 5. The molecule has 1 aromatic heterocycles. The minimum absolute atomic E-state index is 0.0629. The first-order valence-electron chi connectivity index (χ1n) is 7.54. The number of hydrogen-bond donors (Lipinski definition) is 0. The second kappa shape index (κ2) is 8.33. The highest BCUT2D eigenvalue weighted by atomic mass is 16.5. The highest BCUT2D eigenvalue weighted by Gasteiger charge is 2.15. The molecule has 1 aromatic carbocycles. The van der Waals surface area contributed by atoms with Crippen molar-refractivity contribution in [3.63, 3.8) is 0 Å². The highest BCUT2D eigenvalue weighted by Crippen LogP contribution is 2.24. The van der Waals surface area contributed by atoms with Crippen LogP contribution >= 0.6 is 0 Å². The van der Waals surface area contributed by atoms with Crippen LogP contribution in [0.4, 0.5) is 0 Å². The van der Waals surface area contributed by atoms with E-state index in [0.29, 0.717) is 37.6 Å². The average molecular weight is 318 g/mol. The van der Waals surface area contributed by atoms with Gasteiger partial charge >= 0.3 is 0 Å². The molecule has 0 saturated carbocycles. The van der Waals surface area contributed by atoms with E-state index >= 15 is 0 Å². The van der Waals surface area contributed by atoms with Gasteiger partial charge in [0, 0.05) is 31.7 Å². The molecule has 2 aromatic rings. The van der Waals surface area contributed by atoms with Gasteiger partial charge < -0.3 is 18.9 Å². The quantitative estimate of drug-likeness (QED) is 0.749. The molecular weight excluding hydrogens is 296 g/mol. The summed E-state index contributed by atoms with van der Waals surface area (Å²) in [6.07, 6.45) is 0.449. The molecule has 0 N–H and O–H groups in total. The molecule has 0 fully saturated rings. The van der Waals surface area contributed by atoms with E-state index in [4.69, 9.17) is 14.0 Å². The first-order chi connectivity index (χ1) is 11.2. The van der Waals surface area contributed by atoms with Gasteiger partial charge in [-0.05, 0) is 12.1 Å². The van der Waals surface area contributed by atoms with Gasteiger partial charge in [0.25, 0.3) is 0 Å². The fourth-order valence-electron chi connectivity index (χ4n) is 2.21. The Morgan fingerprint density at radius 2 is 2.13 bits per heavy atom. The van der Waals surface area contributed by atoms with Gasteiger partial charge in [-0.3, -0.25) is 4.79 Å². The van der Waals surface area contributed by atoms with Crippen LogP contribution in [-0.2, 0) is 16.1 Å². The summed E-state index contributed by atoms with van der Waals surface area (Å²) in [7, 11) is 3.24. The van der Waals surface area contributed by atoms with Gasteiger partial charge in [-0.2, -0.15) is 0 Å². The van der Waals surface area contributed by atoms with Crippen LogP contribution in [0.25, 0.3) is 11.3 Å². The van der Waals surface area contributed by atoms with E-state index < -0.39 is 0 Å². The van der Waals surface area contributed by atoms with Crippen LogP contribution in [0.5, 0.6) is 5.75 Å². The Balaban J connectivity index is 2.12. The molecule has 6 nitrogen and oxygen atoms in total. The van der Waals surface area contributed by atoms with Gasteiger partial charge in [-0.1, -0.05) is 24.2 Å². The summed E-state index contributed by atoms with van der Waals surface area (Å²) in [4.78, 5) is 13.7. The molecule has 0 spiro atoms. The topological polar surface area (TPSA) is 64.8 Å². The van der Waals surface area contributed by atoms with Gasteiger partial charge in [0.1, 0.15) is 11.4 Å². The number of ether oxygens (including phenoxy) is 2. The zero-order chi connectivity index (χ0) is 16.7. The van der Waals surface area contributed by atoms with Crippen LogP contribution < -0.4 is 4.74 Å². The second-order valence-corrected chi connectivity index (χ2v) is 5.08. The van der Waals surface area contributed by atoms with E-state index in [9.17, 15) is 4.79 Å². The lowest BCUT2D eigenvalue weighted by molar-refractivity contribution is -0.132. The maximum atomic E-state index is 12.0. The summed E-state index contributed by atoms with van der Waals surface area (Å²) >= 11 is 0. The van der Waals surface area contributed by atoms with Crippen molar-refractivity contribution in [1.82, 2.24) is 10.1 Å².